The highest BCUT2D eigenvalue weighted by Gasteiger charge is 2.34. The molecule has 1 saturated heterocycles. The number of nitrogens with zero attached hydrogens (tertiary/aromatic N) is 3. The van der Waals surface area contributed by atoms with E-state index >= 15 is 0 Å². The van der Waals surface area contributed by atoms with Gasteiger partial charge in [0, 0.05) is 51.9 Å². The number of benzene rings is 1. The Labute approximate surface area is 197 Å². The summed E-state index contributed by atoms with van der Waals surface area (Å²) in [4.78, 5) is 28.7. The minimum Gasteiger partial charge on any atom is -0.396 e. The van der Waals surface area contributed by atoms with Gasteiger partial charge in [-0.2, -0.15) is 0 Å². The Balaban J connectivity index is 1.50. The van der Waals surface area contributed by atoms with Gasteiger partial charge in [-0.1, -0.05) is 25.7 Å². The average molecular weight is 472 g/mol. The van der Waals surface area contributed by atoms with Crippen LogP contribution in [0.1, 0.15) is 38.1 Å². The molecular formula is C25H37N3O4Si. The normalized spacial score (nSPS) is 22.4. The predicted molar refractivity (Wildman–Crippen MR) is 133 cm³/mol. The van der Waals surface area contributed by atoms with Crippen LogP contribution in [-0.2, 0) is 9.53 Å². The fourth-order valence-corrected chi connectivity index (χ4v) is 5.66. The first kappa shape index (κ1) is 24.0. The van der Waals surface area contributed by atoms with Crippen LogP contribution in [-0.4, -0.2) is 61.1 Å². The van der Waals surface area contributed by atoms with Gasteiger partial charge in [0.15, 0.2) is 0 Å². The van der Waals surface area contributed by atoms with Gasteiger partial charge in [0.25, 0.3) is 0 Å². The van der Waals surface area contributed by atoms with Crippen LogP contribution in [0.2, 0.25) is 25.7 Å². The number of imide groups is 1. The topological polar surface area (TPSA) is 75.0 Å². The second-order valence-electron chi connectivity index (χ2n) is 10.6. The second-order valence-corrected chi connectivity index (χ2v) is 16.3. The minimum absolute atomic E-state index is 0.0176. The monoisotopic (exact) mass is 471 g/mol. The first-order chi connectivity index (χ1) is 15.8. The lowest BCUT2D eigenvalue weighted by atomic mass is 9.86. The standard InChI is InChI=1S/C25H37N3O4Si/c1-33(2,3)16-15-32-18-28-24(30)12-14-27(25(28)31)23-6-4-5-22-21(23)11-13-26(22)20-9-7-19(17-29)8-10-20/h4-6,11,13,19-20,29H,7-10,12,14-18H2,1-3H3/t19-,20-. The quantitative estimate of drug-likeness (QED) is 0.442. The summed E-state index contributed by atoms with van der Waals surface area (Å²) in [5.41, 5.74) is 1.96. The number of urea groups is 1. The van der Waals surface area contributed by atoms with Crippen LogP contribution in [0.3, 0.4) is 0 Å². The zero-order valence-electron chi connectivity index (χ0n) is 20.1. The first-order valence-corrected chi connectivity index (χ1v) is 15.9. The van der Waals surface area contributed by atoms with Gasteiger partial charge < -0.3 is 14.4 Å². The Morgan fingerprint density at radius 3 is 2.55 bits per heavy atom. The number of aliphatic hydroxyl groups excluding tert-OH is 1. The summed E-state index contributed by atoms with van der Waals surface area (Å²) in [6.45, 7) is 8.08. The maximum absolute atomic E-state index is 13.3. The van der Waals surface area contributed by atoms with E-state index in [4.69, 9.17) is 4.74 Å². The highest BCUT2D eigenvalue weighted by molar-refractivity contribution is 6.76. The molecule has 0 unspecified atom stereocenters. The third kappa shape index (κ3) is 5.33. The van der Waals surface area contributed by atoms with Crippen molar-refractivity contribution in [1.82, 2.24) is 9.47 Å². The van der Waals surface area contributed by atoms with E-state index in [1.807, 2.05) is 12.1 Å². The molecular weight excluding hydrogens is 434 g/mol. The largest absolute Gasteiger partial charge is 0.396 e. The van der Waals surface area contributed by atoms with Crippen molar-refractivity contribution in [1.29, 1.82) is 0 Å². The van der Waals surface area contributed by atoms with Gasteiger partial charge in [-0.25, -0.2) is 9.69 Å². The van der Waals surface area contributed by atoms with Crippen molar-refractivity contribution in [2.75, 3.05) is 31.4 Å². The van der Waals surface area contributed by atoms with Crippen molar-refractivity contribution in [2.45, 2.75) is 63.8 Å². The van der Waals surface area contributed by atoms with E-state index < -0.39 is 8.07 Å². The molecule has 0 spiro atoms. The van der Waals surface area contributed by atoms with Crippen LogP contribution in [0.5, 0.6) is 0 Å². The fourth-order valence-electron chi connectivity index (χ4n) is 4.91. The number of hydrogen-bond donors (Lipinski definition) is 1. The van der Waals surface area contributed by atoms with Crippen molar-refractivity contribution < 1.29 is 19.4 Å². The van der Waals surface area contributed by atoms with Crippen LogP contribution in [0, 0.1) is 5.92 Å². The summed E-state index contributed by atoms with van der Waals surface area (Å²) in [5, 5.41) is 10.5. The lowest BCUT2D eigenvalue weighted by Gasteiger charge is -2.34. The van der Waals surface area contributed by atoms with E-state index in [2.05, 4.69) is 42.5 Å². The molecule has 33 heavy (non-hydrogen) atoms. The number of aromatic nitrogens is 1. The molecule has 1 aliphatic carbocycles. The molecule has 2 aliphatic rings. The summed E-state index contributed by atoms with van der Waals surface area (Å²) in [7, 11) is -1.23. The van der Waals surface area contributed by atoms with Crippen molar-refractivity contribution >= 4 is 36.6 Å². The number of hydrogen-bond acceptors (Lipinski definition) is 4. The number of fused-ring (bicyclic) bond motifs is 1. The third-order valence-electron chi connectivity index (χ3n) is 7.03. The van der Waals surface area contributed by atoms with E-state index in [1.165, 1.54) is 4.90 Å². The Morgan fingerprint density at radius 2 is 1.85 bits per heavy atom. The molecule has 2 heterocycles. The maximum atomic E-state index is 13.3. The van der Waals surface area contributed by atoms with Crippen LogP contribution < -0.4 is 4.90 Å². The van der Waals surface area contributed by atoms with Gasteiger partial charge in [-0.05, 0) is 55.8 Å². The first-order valence-electron chi connectivity index (χ1n) is 12.2. The van der Waals surface area contributed by atoms with Crippen LogP contribution in [0.15, 0.2) is 30.5 Å². The second kappa shape index (κ2) is 9.99. The molecule has 0 radical (unpaired) electrons. The molecule has 180 valence electrons. The molecule has 1 aliphatic heterocycles. The van der Waals surface area contributed by atoms with Crippen LogP contribution in [0.4, 0.5) is 10.5 Å². The predicted octanol–water partition coefficient (Wildman–Crippen LogP) is 4.84. The molecule has 1 saturated carbocycles. The van der Waals surface area contributed by atoms with Gasteiger partial charge >= 0.3 is 6.03 Å². The molecule has 3 amide bonds. The number of aliphatic hydroxyl groups is 1. The summed E-state index contributed by atoms with van der Waals surface area (Å²) < 4.78 is 8.06. The molecule has 7 nitrogen and oxygen atoms in total. The Kier molecular flexibility index (Phi) is 7.26. The van der Waals surface area contributed by atoms with Crippen molar-refractivity contribution in [3.8, 4) is 0 Å². The molecule has 4 rings (SSSR count). The number of anilines is 1. The van der Waals surface area contributed by atoms with E-state index in [0.29, 0.717) is 31.5 Å². The highest BCUT2D eigenvalue weighted by atomic mass is 28.3. The number of ether oxygens (including phenoxy) is 1. The molecule has 1 N–H and O–H groups in total. The summed E-state index contributed by atoms with van der Waals surface area (Å²) in [5.74, 6) is 0.246. The minimum atomic E-state index is -1.23. The van der Waals surface area contributed by atoms with E-state index in [1.54, 1.807) is 4.90 Å². The number of carbonyl (C=O) groups excluding carboxylic acids is 2. The Bertz CT molecular complexity index is 991. The van der Waals surface area contributed by atoms with Crippen molar-refractivity contribution in [3.63, 3.8) is 0 Å². The third-order valence-corrected chi connectivity index (χ3v) is 8.73. The van der Waals surface area contributed by atoms with Gasteiger partial charge in [-0.3, -0.25) is 9.69 Å². The number of rotatable bonds is 8. The molecule has 1 aromatic carbocycles. The van der Waals surface area contributed by atoms with E-state index in [0.717, 1.165) is 48.3 Å². The Morgan fingerprint density at radius 1 is 1.09 bits per heavy atom. The molecule has 0 atom stereocenters. The molecule has 2 aromatic rings. The van der Waals surface area contributed by atoms with Crippen LogP contribution >= 0.6 is 0 Å². The molecule has 2 fully saturated rings. The van der Waals surface area contributed by atoms with Crippen molar-refractivity contribution in [3.05, 3.63) is 30.5 Å². The number of amides is 3. The lowest BCUT2D eigenvalue weighted by Crippen LogP contribution is -2.53. The average Bonchev–Trinajstić information content (AvgIpc) is 3.22. The maximum Gasteiger partial charge on any atom is 0.333 e. The number of carbonyl (C=O) groups is 2. The van der Waals surface area contributed by atoms with Crippen molar-refractivity contribution in [2.24, 2.45) is 5.92 Å². The van der Waals surface area contributed by atoms with E-state index in [-0.39, 0.29) is 25.3 Å². The Hall–Kier alpha value is -2.16. The van der Waals surface area contributed by atoms with Crippen LogP contribution in [0.25, 0.3) is 10.9 Å². The zero-order valence-corrected chi connectivity index (χ0v) is 21.1. The molecule has 8 heteroatoms. The van der Waals surface area contributed by atoms with Gasteiger partial charge in [0.1, 0.15) is 6.73 Å². The summed E-state index contributed by atoms with van der Waals surface area (Å²) >= 11 is 0. The highest BCUT2D eigenvalue weighted by Crippen LogP contribution is 2.37. The van der Waals surface area contributed by atoms with Gasteiger partial charge in [0.05, 0.1) is 11.2 Å². The zero-order chi connectivity index (χ0) is 23.6. The smallest absolute Gasteiger partial charge is 0.333 e. The van der Waals surface area contributed by atoms with Gasteiger partial charge in [-0.15, -0.1) is 0 Å². The van der Waals surface area contributed by atoms with E-state index in [9.17, 15) is 14.7 Å². The summed E-state index contributed by atoms with van der Waals surface area (Å²) in [6, 6.07) is 9.26. The molecule has 1 aromatic heterocycles. The fraction of sp³-hybridized carbons (Fsp3) is 0.600. The SMILES string of the molecule is C[Si](C)(C)CCOCN1C(=O)CCN(c2cccc3c2ccn3[C@H]2CC[C@H](CO)CC2)C1=O. The summed E-state index contributed by atoms with van der Waals surface area (Å²) in [6.07, 6.45) is 6.61. The van der Waals surface area contributed by atoms with Gasteiger partial charge in [0.2, 0.25) is 5.91 Å². The molecule has 0 bridgehead atoms. The lowest BCUT2D eigenvalue weighted by molar-refractivity contribution is -0.133.